The van der Waals surface area contributed by atoms with E-state index in [0.29, 0.717) is 65.1 Å². The minimum Gasteiger partial charge on any atom is -0.480 e. The molecule has 0 aromatic rings. The monoisotopic (exact) mass is 894 g/mol. The third-order valence-electron chi connectivity index (χ3n) is 9.47. The van der Waals surface area contributed by atoms with E-state index in [1.54, 1.807) is 0 Å². The Kier molecular flexibility index (Phi) is 44.9. The first-order valence-corrected chi connectivity index (χ1v) is 23.4. The predicted molar refractivity (Wildman–Crippen MR) is 239 cm³/mol. The van der Waals surface area contributed by atoms with Crippen LogP contribution in [0.2, 0.25) is 0 Å². The molecule has 0 bridgehead atoms. The van der Waals surface area contributed by atoms with E-state index >= 15 is 0 Å². The highest BCUT2D eigenvalue weighted by molar-refractivity contribution is 7.78. The minimum absolute atomic E-state index is 0.0612. The molecule has 0 radical (unpaired) electrons. The fourth-order valence-corrected chi connectivity index (χ4v) is 6.20. The van der Waals surface area contributed by atoms with Crippen molar-refractivity contribution in [2.45, 2.75) is 141 Å². The van der Waals surface area contributed by atoms with Crippen molar-refractivity contribution in [3.8, 4) is 0 Å². The number of rotatable bonds is 48. The number of carbonyl (C=O) groups excluding carboxylic acids is 4. The molecular weight excluding hydrogens is 811 g/mol. The van der Waals surface area contributed by atoms with Crippen molar-refractivity contribution in [3.05, 3.63) is 0 Å². The van der Waals surface area contributed by atoms with Crippen molar-refractivity contribution in [3.63, 3.8) is 0 Å². The van der Waals surface area contributed by atoms with E-state index in [4.69, 9.17) is 33.5 Å². The van der Waals surface area contributed by atoms with Crippen molar-refractivity contribution in [1.29, 1.82) is 0 Å². The van der Waals surface area contributed by atoms with Gasteiger partial charge in [0.1, 0.15) is 25.9 Å². The molecule has 0 aromatic heterocycles. The Morgan fingerprint density at radius 2 is 0.770 bits per heavy atom. The summed E-state index contributed by atoms with van der Waals surface area (Å²) in [6.45, 7) is 5.92. The van der Waals surface area contributed by atoms with Crippen molar-refractivity contribution in [2.75, 3.05) is 105 Å². The van der Waals surface area contributed by atoms with Crippen LogP contribution in [0.4, 0.5) is 0 Å². The molecule has 18 heteroatoms. The Morgan fingerprint density at radius 1 is 0.426 bits per heavy atom. The van der Waals surface area contributed by atoms with Crippen molar-refractivity contribution >= 4 is 42.4 Å². The fraction of sp³-hybridized carbons (Fsp3) is 0.884. The SMILES string of the molecule is CCCCCCCCCCCCCCCCCCC(=O)NCCOCCOCC(=O)NCCOCCOCC(=O)NCCOCCOCC(=O)NCCCC[C@H](NS)C(=O)O. The van der Waals surface area contributed by atoms with Crippen LogP contribution in [0.25, 0.3) is 0 Å². The molecule has 0 aliphatic rings. The van der Waals surface area contributed by atoms with Crippen molar-refractivity contribution in [1.82, 2.24) is 26.0 Å². The highest BCUT2D eigenvalue weighted by atomic mass is 32.1. The first-order chi connectivity index (χ1) is 29.8. The highest BCUT2D eigenvalue weighted by Gasteiger charge is 2.14. The minimum atomic E-state index is -0.964. The van der Waals surface area contributed by atoms with Crippen LogP contribution >= 0.6 is 12.8 Å². The lowest BCUT2D eigenvalue weighted by Gasteiger charge is -2.10. The molecule has 0 heterocycles. The van der Waals surface area contributed by atoms with Gasteiger partial charge in [0.25, 0.3) is 0 Å². The Hall–Kier alpha value is -2.58. The summed E-state index contributed by atoms with van der Waals surface area (Å²) in [6, 6.07) is -0.719. The number of hydrogen-bond donors (Lipinski definition) is 7. The molecule has 17 nitrogen and oxygen atoms in total. The van der Waals surface area contributed by atoms with Gasteiger partial charge in [0, 0.05) is 32.6 Å². The van der Waals surface area contributed by atoms with E-state index in [9.17, 15) is 24.0 Å². The Morgan fingerprint density at radius 3 is 1.15 bits per heavy atom. The van der Waals surface area contributed by atoms with Crippen LogP contribution in [-0.4, -0.2) is 146 Å². The third kappa shape index (κ3) is 45.3. The van der Waals surface area contributed by atoms with Crippen molar-refractivity contribution < 1.29 is 57.5 Å². The number of nitrogens with one attached hydrogen (secondary N) is 5. The van der Waals surface area contributed by atoms with Gasteiger partial charge in [-0.15, -0.1) is 0 Å². The Labute approximate surface area is 371 Å². The maximum atomic E-state index is 12.0. The van der Waals surface area contributed by atoms with Gasteiger partial charge >= 0.3 is 5.97 Å². The largest absolute Gasteiger partial charge is 0.480 e. The number of carbonyl (C=O) groups is 5. The van der Waals surface area contributed by atoms with Crippen LogP contribution in [0.3, 0.4) is 0 Å². The van der Waals surface area contributed by atoms with Crippen LogP contribution in [0, 0.1) is 0 Å². The predicted octanol–water partition coefficient (Wildman–Crippen LogP) is 4.26. The second-order valence-corrected chi connectivity index (χ2v) is 15.2. The van der Waals surface area contributed by atoms with E-state index in [1.165, 1.54) is 89.9 Å². The van der Waals surface area contributed by atoms with Crippen LogP contribution in [0.1, 0.15) is 135 Å². The molecular formula is C43H83N5O12S. The molecule has 0 fully saturated rings. The summed E-state index contributed by atoms with van der Waals surface area (Å²) in [4.78, 5) is 58.5. The topological polar surface area (TPSA) is 221 Å². The summed E-state index contributed by atoms with van der Waals surface area (Å²) in [5.74, 6) is -1.73. The van der Waals surface area contributed by atoms with Gasteiger partial charge < -0.3 is 54.8 Å². The van der Waals surface area contributed by atoms with Crippen LogP contribution in [0.5, 0.6) is 0 Å². The van der Waals surface area contributed by atoms with Gasteiger partial charge in [0.15, 0.2) is 0 Å². The van der Waals surface area contributed by atoms with Gasteiger partial charge in [0.05, 0.1) is 59.5 Å². The van der Waals surface area contributed by atoms with Gasteiger partial charge in [-0.05, 0) is 25.7 Å². The fourth-order valence-electron chi connectivity index (χ4n) is 5.96. The molecule has 4 amide bonds. The summed E-state index contributed by atoms with van der Waals surface area (Å²) < 4.78 is 34.5. The van der Waals surface area contributed by atoms with Gasteiger partial charge in [-0.1, -0.05) is 116 Å². The number of aliphatic carboxylic acids is 1. The smallest absolute Gasteiger partial charge is 0.321 e. The number of carboxylic acid groups (broad SMARTS) is 1. The second kappa shape index (κ2) is 46.9. The molecule has 0 aromatic carbocycles. The Balaban J connectivity index is 3.37. The lowest BCUT2D eigenvalue weighted by Crippen LogP contribution is -2.32. The molecule has 0 spiro atoms. The average molecular weight is 894 g/mol. The molecule has 0 aliphatic carbocycles. The standard InChI is InChI=1S/C43H83N5O12S/c1-2-3-4-5-6-7-8-9-10-11-12-13-14-15-16-17-21-39(49)45-23-26-55-29-33-59-36-41(51)47-25-28-57-31-34-60-37-42(52)46-24-27-56-30-32-58-35-40(50)44-22-19-18-20-38(48-61)43(53)54/h38,48,61H,2-37H2,1H3,(H,44,50)(H,45,49)(H,46,52)(H,47,51)(H,53,54)/t38-/m0/s1. The van der Waals surface area contributed by atoms with E-state index in [1.807, 2.05) is 0 Å². The lowest BCUT2D eigenvalue weighted by molar-refractivity contribution is -0.139. The van der Waals surface area contributed by atoms with Crippen LogP contribution < -0.4 is 26.0 Å². The van der Waals surface area contributed by atoms with Gasteiger partial charge in [0.2, 0.25) is 23.6 Å². The van der Waals surface area contributed by atoms with Crippen molar-refractivity contribution in [2.24, 2.45) is 0 Å². The maximum absolute atomic E-state index is 12.0. The summed E-state index contributed by atoms with van der Waals surface area (Å²) >= 11 is 3.78. The molecule has 61 heavy (non-hydrogen) atoms. The van der Waals surface area contributed by atoms with Gasteiger partial charge in [-0.2, -0.15) is 0 Å². The van der Waals surface area contributed by atoms with Crippen LogP contribution in [0.15, 0.2) is 0 Å². The number of amides is 4. The quantitative estimate of drug-likeness (QED) is 0.0336. The number of ether oxygens (including phenoxy) is 6. The molecule has 0 aliphatic heterocycles. The Bertz CT molecular complexity index is 1070. The maximum Gasteiger partial charge on any atom is 0.321 e. The summed E-state index contributed by atoms with van der Waals surface area (Å²) in [5.41, 5.74) is 0. The highest BCUT2D eigenvalue weighted by Crippen LogP contribution is 2.14. The summed E-state index contributed by atoms with van der Waals surface area (Å²) in [6.07, 6.45) is 23.2. The number of unbranched alkanes of at least 4 members (excludes halogenated alkanes) is 16. The first kappa shape index (κ1) is 58.4. The average Bonchev–Trinajstić information content (AvgIpc) is 3.24. The van der Waals surface area contributed by atoms with Gasteiger partial charge in [-0.3, -0.25) is 28.7 Å². The summed E-state index contributed by atoms with van der Waals surface area (Å²) in [5, 5.41) is 19.9. The van der Waals surface area contributed by atoms with Crippen LogP contribution in [-0.2, 0) is 52.4 Å². The number of hydrogen-bond acceptors (Lipinski definition) is 13. The van der Waals surface area contributed by atoms with E-state index < -0.39 is 12.0 Å². The zero-order chi connectivity index (χ0) is 44.7. The van der Waals surface area contributed by atoms with Gasteiger partial charge in [-0.25, -0.2) is 0 Å². The number of thiol groups is 1. The van der Waals surface area contributed by atoms with E-state index in [0.717, 1.165) is 12.8 Å². The van der Waals surface area contributed by atoms with E-state index in [2.05, 4.69) is 45.7 Å². The second-order valence-electron chi connectivity index (χ2n) is 15.0. The third-order valence-corrected chi connectivity index (χ3v) is 9.79. The van der Waals surface area contributed by atoms with E-state index in [-0.39, 0.29) is 89.7 Å². The molecule has 0 saturated carbocycles. The zero-order valence-electron chi connectivity index (χ0n) is 37.4. The number of carboxylic acids is 1. The lowest BCUT2D eigenvalue weighted by atomic mass is 10.0. The first-order valence-electron chi connectivity index (χ1n) is 23.0. The molecule has 0 unspecified atom stereocenters. The molecule has 6 N–H and O–H groups in total. The molecule has 358 valence electrons. The normalized spacial score (nSPS) is 11.6. The zero-order valence-corrected chi connectivity index (χ0v) is 38.3. The molecule has 0 rings (SSSR count). The summed E-state index contributed by atoms with van der Waals surface area (Å²) in [7, 11) is 0. The molecule has 1 atom stereocenters. The molecule has 0 saturated heterocycles.